The lowest BCUT2D eigenvalue weighted by molar-refractivity contribution is -0.128. The molecule has 1 rings (SSSR count). The lowest BCUT2D eigenvalue weighted by Gasteiger charge is -2.12. The van der Waals surface area contributed by atoms with Crippen molar-refractivity contribution in [1.82, 2.24) is 15.5 Å². The standard InChI is InChI=1S/C18H30N4O/c1-6-19-18(21-10-8-17(23)22(4)5)20-9-7-16-12-14(2)11-15(3)13-16/h11-13H,6-10H2,1-5H3,(H2,19,20,21). The number of aryl methyl sites for hydroxylation is 2. The molecule has 0 atom stereocenters. The van der Waals surface area contributed by atoms with Crippen LogP contribution in [-0.2, 0) is 11.2 Å². The first-order chi connectivity index (χ1) is 10.9. The monoisotopic (exact) mass is 318 g/mol. The second-order valence-electron chi connectivity index (χ2n) is 5.97. The first-order valence-corrected chi connectivity index (χ1v) is 8.22. The van der Waals surface area contributed by atoms with E-state index in [2.05, 4.69) is 47.7 Å². The molecular formula is C18H30N4O. The van der Waals surface area contributed by atoms with Gasteiger partial charge in [-0.3, -0.25) is 9.79 Å². The van der Waals surface area contributed by atoms with E-state index in [1.807, 2.05) is 6.92 Å². The number of hydrogen-bond donors (Lipinski definition) is 2. The highest BCUT2D eigenvalue weighted by Crippen LogP contribution is 2.08. The molecule has 1 amide bonds. The fourth-order valence-electron chi connectivity index (χ4n) is 2.37. The fraction of sp³-hybridized carbons (Fsp3) is 0.556. The first kappa shape index (κ1) is 19.0. The van der Waals surface area contributed by atoms with Crippen LogP contribution in [0.3, 0.4) is 0 Å². The van der Waals surface area contributed by atoms with Crippen LogP contribution in [0, 0.1) is 13.8 Å². The van der Waals surface area contributed by atoms with Crippen molar-refractivity contribution in [3.05, 3.63) is 34.9 Å². The third-order valence-corrected chi connectivity index (χ3v) is 3.43. The molecule has 0 aliphatic rings. The van der Waals surface area contributed by atoms with Gasteiger partial charge in [-0.05, 0) is 32.8 Å². The van der Waals surface area contributed by atoms with Crippen LogP contribution in [0.25, 0.3) is 0 Å². The van der Waals surface area contributed by atoms with Crippen LogP contribution in [0.4, 0.5) is 0 Å². The highest BCUT2D eigenvalue weighted by Gasteiger charge is 2.03. The smallest absolute Gasteiger partial charge is 0.223 e. The lowest BCUT2D eigenvalue weighted by atomic mass is 10.1. The molecule has 1 aromatic rings. The van der Waals surface area contributed by atoms with E-state index in [1.165, 1.54) is 16.7 Å². The predicted molar refractivity (Wildman–Crippen MR) is 96.9 cm³/mol. The quantitative estimate of drug-likeness (QED) is 0.596. The zero-order valence-electron chi connectivity index (χ0n) is 15.1. The Hall–Kier alpha value is -2.04. The van der Waals surface area contributed by atoms with Gasteiger partial charge in [-0.15, -0.1) is 0 Å². The normalized spacial score (nSPS) is 11.3. The molecule has 0 aromatic heterocycles. The number of nitrogens with zero attached hydrogens (tertiary/aromatic N) is 2. The molecule has 128 valence electrons. The highest BCUT2D eigenvalue weighted by atomic mass is 16.2. The van der Waals surface area contributed by atoms with Crippen LogP contribution < -0.4 is 10.6 Å². The van der Waals surface area contributed by atoms with Gasteiger partial charge in [0.05, 0.1) is 6.54 Å². The predicted octanol–water partition coefficient (Wildman–Crippen LogP) is 1.88. The molecule has 0 radical (unpaired) electrons. The molecule has 5 heteroatoms. The molecule has 0 aliphatic carbocycles. The van der Waals surface area contributed by atoms with Gasteiger partial charge in [0.2, 0.25) is 5.91 Å². The molecule has 2 N–H and O–H groups in total. The average Bonchev–Trinajstić information content (AvgIpc) is 2.46. The molecule has 0 heterocycles. The summed E-state index contributed by atoms with van der Waals surface area (Å²) < 4.78 is 0. The van der Waals surface area contributed by atoms with Crippen LogP contribution in [0.5, 0.6) is 0 Å². The lowest BCUT2D eigenvalue weighted by Crippen LogP contribution is -2.38. The van der Waals surface area contributed by atoms with E-state index in [0.717, 1.165) is 25.5 Å². The number of guanidine groups is 1. The second-order valence-corrected chi connectivity index (χ2v) is 5.97. The zero-order chi connectivity index (χ0) is 17.2. The first-order valence-electron chi connectivity index (χ1n) is 8.22. The summed E-state index contributed by atoms with van der Waals surface area (Å²) in [5.41, 5.74) is 3.92. The summed E-state index contributed by atoms with van der Waals surface area (Å²) in [5, 5.41) is 6.53. The molecule has 0 spiro atoms. The zero-order valence-corrected chi connectivity index (χ0v) is 15.1. The summed E-state index contributed by atoms with van der Waals surface area (Å²) in [6.45, 7) is 8.39. The number of carbonyl (C=O) groups is 1. The van der Waals surface area contributed by atoms with Crippen molar-refractivity contribution in [2.45, 2.75) is 33.6 Å². The maximum atomic E-state index is 11.6. The molecule has 0 saturated carbocycles. The Morgan fingerprint density at radius 1 is 1.13 bits per heavy atom. The van der Waals surface area contributed by atoms with Crippen LogP contribution in [0.1, 0.15) is 30.0 Å². The van der Waals surface area contributed by atoms with E-state index in [9.17, 15) is 4.79 Å². The summed E-state index contributed by atoms with van der Waals surface area (Å²) in [7, 11) is 3.53. The number of aliphatic imine (C=N–C) groups is 1. The van der Waals surface area contributed by atoms with E-state index in [1.54, 1.807) is 19.0 Å². The Bertz CT molecular complexity index is 518. The Morgan fingerprint density at radius 3 is 2.35 bits per heavy atom. The molecule has 5 nitrogen and oxygen atoms in total. The number of benzene rings is 1. The highest BCUT2D eigenvalue weighted by molar-refractivity contribution is 5.80. The third kappa shape index (κ3) is 7.68. The molecule has 0 bridgehead atoms. The van der Waals surface area contributed by atoms with Crippen LogP contribution >= 0.6 is 0 Å². The van der Waals surface area contributed by atoms with Crippen molar-refractivity contribution in [3.63, 3.8) is 0 Å². The second kappa shape index (κ2) is 9.87. The molecule has 1 aromatic carbocycles. The van der Waals surface area contributed by atoms with Gasteiger partial charge in [0.25, 0.3) is 0 Å². The summed E-state index contributed by atoms with van der Waals surface area (Å²) in [5.74, 6) is 0.864. The van der Waals surface area contributed by atoms with Crippen molar-refractivity contribution in [2.24, 2.45) is 4.99 Å². The molecule has 23 heavy (non-hydrogen) atoms. The van der Waals surface area contributed by atoms with Gasteiger partial charge in [-0.25, -0.2) is 0 Å². The number of rotatable bonds is 7. The van der Waals surface area contributed by atoms with Gasteiger partial charge in [0.15, 0.2) is 5.96 Å². The molecule has 0 aliphatic heterocycles. The van der Waals surface area contributed by atoms with Crippen molar-refractivity contribution in [3.8, 4) is 0 Å². The Balaban J connectivity index is 2.47. The summed E-state index contributed by atoms with van der Waals surface area (Å²) >= 11 is 0. The van der Waals surface area contributed by atoms with Gasteiger partial charge < -0.3 is 15.5 Å². The molecule has 0 unspecified atom stereocenters. The molecular weight excluding hydrogens is 288 g/mol. The van der Waals surface area contributed by atoms with Gasteiger partial charge in [-0.2, -0.15) is 0 Å². The Kier molecular flexibility index (Phi) is 8.16. The average molecular weight is 318 g/mol. The van der Waals surface area contributed by atoms with E-state index < -0.39 is 0 Å². The van der Waals surface area contributed by atoms with E-state index in [-0.39, 0.29) is 5.91 Å². The maximum absolute atomic E-state index is 11.6. The van der Waals surface area contributed by atoms with Gasteiger partial charge in [0.1, 0.15) is 0 Å². The van der Waals surface area contributed by atoms with Crippen molar-refractivity contribution < 1.29 is 4.79 Å². The van der Waals surface area contributed by atoms with Crippen molar-refractivity contribution in [2.75, 3.05) is 33.7 Å². The summed E-state index contributed by atoms with van der Waals surface area (Å²) in [6.07, 6.45) is 1.38. The van der Waals surface area contributed by atoms with Gasteiger partial charge in [0, 0.05) is 33.6 Å². The third-order valence-electron chi connectivity index (χ3n) is 3.43. The van der Waals surface area contributed by atoms with Gasteiger partial charge >= 0.3 is 0 Å². The van der Waals surface area contributed by atoms with E-state index >= 15 is 0 Å². The van der Waals surface area contributed by atoms with Crippen molar-refractivity contribution >= 4 is 11.9 Å². The summed E-state index contributed by atoms with van der Waals surface area (Å²) in [6, 6.07) is 6.62. The van der Waals surface area contributed by atoms with Crippen molar-refractivity contribution in [1.29, 1.82) is 0 Å². The number of nitrogens with one attached hydrogen (secondary N) is 2. The van der Waals surface area contributed by atoms with Crippen LogP contribution in [-0.4, -0.2) is 50.5 Å². The fourth-order valence-corrected chi connectivity index (χ4v) is 2.37. The van der Waals surface area contributed by atoms with E-state index in [4.69, 9.17) is 0 Å². The van der Waals surface area contributed by atoms with Crippen LogP contribution in [0.2, 0.25) is 0 Å². The molecule has 0 saturated heterocycles. The minimum absolute atomic E-state index is 0.0971. The number of hydrogen-bond acceptors (Lipinski definition) is 2. The summed E-state index contributed by atoms with van der Waals surface area (Å²) in [4.78, 5) is 17.6. The Morgan fingerprint density at radius 2 is 1.78 bits per heavy atom. The minimum atomic E-state index is 0.0971. The van der Waals surface area contributed by atoms with E-state index in [0.29, 0.717) is 13.0 Å². The van der Waals surface area contributed by atoms with Gasteiger partial charge in [-0.1, -0.05) is 29.3 Å². The maximum Gasteiger partial charge on any atom is 0.223 e. The molecule has 0 fully saturated rings. The number of carbonyl (C=O) groups excluding carboxylic acids is 1. The SMILES string of the molecule is CCNC(=NCCC(=O)N(C)C)NCCc1cc(C)cc(C)c1. The minimum Gasteiger partial charge on any atom is -0.357 e. The topological polar surface area (TPSA) is 56.7 Å². The van der Waals surface area contributed by atoms with Crippen LogP contribution in [0.15, 0.2) is 23.2 Å². The largest absolute Gasteiger partial charge is 0.357 e. The Labute approximate surface area is 140 Å². The number of amides is 1.